The minimum Gasteiger partial charge on any atom is -0.373 e. The van der Waals surface area contributed by atoms with Crippen LogP contribution in [-0.4, -0.2) is 44.6 Å². The van der Waals surface area contributed by atoms with Crippen LogP contribution in [0, 0.1) is 13.8 Å². The smallest absolute Gasteiger partial charge is 0.272 e. The van der Waals surface area contributed by atoms with Crippen molar-refractivity contribution in [3.8, 4) is 0 Å². The number of amides is 1. The molecule has 0 atom stereocenters. The Kier molecular flexibility index (Phi) is 4.90. The number of rotatable bonds is 4. The third-order valence-corrected chi connectivity index (χ3v) is 5.00. The van der Waals surface area contributed by atoms with Gasteiger partial charge in [-0.25, -0.2) is 9.50 Å². The van der Waals surface area contributed by atoms with Gasteiger partial charge in [-0.05, 0) is 38.3 Å². The molecule has 2 aromatic heterocycles. The molecule has 0 N–H and O–H groups in total. The molecule has 0 bridgehead atoms. The Hall–Kier alpha value is -2.73. The zero-order chi connectivity index (χ0) is 18.8. The van der Waals surface area contributed by atoms with Crippen molar-refractivity contribution in [1.82, 2.24) is 19.5 Å². The van der Waals surface area contributed by atoms with Crippen molar-refractivity contribution in [3.05, 3.63) is 65.1 Å². The Morgan fingerprint density at radius 3 is 2.63 bits per heavy atom. The average Bonchev–Trinajstić information content (AvgIpc) is 3.08. The Morgan fingerprint density at radius 1 is 1.15 bits per heavy atom. The summed E-state index contributed by atoms with van der Waals surface area (Å²) in [6.07, 6.45) is 1.90. The van der Waals surface area contributed by atoms with Gasteiger partial charge in [0.2, 0.25) is 0 Å². The van der Waals surface area contributed by atoms with Gasteiger partial charge >= 0.3 is 0 Å². The molecule has 27 heavy (non-hydrogen) atoms. The minimum absolute atomic E-state index is 0.0130. The summed E-state index contributed by atoms with van der Waals surface area (Å²) in [6.45, 7) is 5.89. The number of hydrogen-bond donors (Lipinski definition) is 0. The molecule has 1 aliphatic rings. The van der Waals surface area contributed by atoms with Crippen molar-refractivity contribution < 1.29 is 9.53 Å². The number of likely N-dealkylation sites (tertiary alicyclic amines) is 1. The normalized spacial score (nSPS) is 15.4. The number of piperidine rings is 1. The quantitative estimate of drug-likeness (QED) is 0.713. The molecule has 1 saturated heterocycles. The molecule has 3 aromatic rings. The van der Waals surface area contributed by atoms with E-state index < -0.39 is 0 Å². The van der Waals surface area contributed by atoms with E-state index in [0.717, 1.165) is 29.9 Å². The molecule has 140 valence electrons. The van der Waals surface area contributed by atoms with Gasteiger partial charge in [-0.3, -0.25) is 4.79 Å². The van der Waals surface area contributed by atoms with Crippen LogP contribution in [0.5, 0.6) is 0 Å². The Balaban J connectivity index is 1.37. The molecule has 1 aliphatic heterocycles. The number of fused-ring (bicyclic) bond motifs is 1. The van der Waals surface area contributed by atoms with Crippen molar-refractivity contribution in [2.45, 2.75) is 39.4 Å². The lowest BCUT2D eigenvalue weighted by atomic mass is 10.1. The molecule has 1 amide bonds. The first-order valence-corrected chi connectivity index (χ1v) is 9.39. The molecular weight excluding hydrogens is 340 g/mol. The highest BCUT2D eigenvalue weighted by atomic mass is 16.5. The molecule has 4 rings (SSSR count). The van der Waals surface area contributed by atoms with E-state index in [1.165, 1.54) is 5.56 Å². The van der Waals surface area contributed by atoms with E-state index >= 15 is 0 Å². The zero-order valence-corrected chi connectivity index (χ0v) is 15.8. The fraction of sp³-hybridized carbons (Fsp3) is 0.381. The van der Waals surface area contributed by atoms with Gasteiger partial charge in [0, 0.05) is 24.8 Å². The first-order chi connectivity index (χ1) is 13.1. The van der Waals surface area contributed by atoms with Crippen LogP contribution in [0.4, 0.5) is 0 Å². The summed E-state index contributed by atoms with van der Waals surface area (Å²) in [5.74, 6) is -0.0130. The number of aryl methyl sites for hydroxylation is 2. The lowest BCUT2D eigenvalue weighted by Gasteiger charge is -2.31. The summed E-state index contributed by atoms with van der Waals surface area (Å²) in [5, 5.41) is 4.39. The van der Waals surface area contributed by atoms with E-state index in [1.54, 1.807) is 4.52 Å². The zero-order valence-electron chi connectivity index (χ0n) is 15.8. The van der Waals surface area contributed by atoms with E-state index in [1.807, 2.05) is 49.1 Å². The summed E-state index contributed by atoms with van der Waals surface area (Å²) < 4.78 is 7.79. The van der Waals surface area contributed by atoms with Gasteiger partial charge in [0.05, 0.1) is 18.4 Å². The predicted molar refractivity (Wildman–Crippen MR) is 103 cm³/mol. The maximum absolute atomic E-state index is 12.9. The van der Waals surface area contributed by atoms with Gasteiger partial charge in [0.15, 0.2) is 5.65 Å². The second-order valence-corrected chi connectivity index (χ2v) is 7.13. The Morgan fingerprint density at radius 2 is 1.89 bits per heavy atom. The van der Waals surface area contributed by atoms with E-state index in [-0.39, 0.29) is 12.0 Å². The van der Waals surface area contributed by atoms with Gasteiger partial charge in [0.25, 0.3) is 5.91 Å². The lowest BCUT2D eigenvalue weighted by Crippen LogP contribution is -2.41. The van der Waals surface area contributed by atoms with Crippen LogP contribution in [0.15, 0.2) is 42.5 Å². The molecular formula is C21H24N4O2. The fourth-order valence-corrected chi connectivity index (χ4v) is 3.53. The number of carbonyl (C=O) groups is 1. The monoisotopic (exact) mass is 364 g/mol. The topological polar surface area (TPSA) is 59.7 Å². The number of hydrogen-bond acceptors (Lipinski definition) is 4. The first kappa shape index (κ1) is 17.7. The number of ether oxygens (including phenoxy) is 1. The van der Waals surface area contributed by atoms with Gasteiger partial charge < -0.3 is 9.64 Å². The maximum Gasteiger partial charge on any atom is 0.272 e. The number of benzene rings is 1. The Labute approximate surface area is 158 Å². The van der Waals surface area contributed by atoms with Crippen molar-refractivity contribution >= 4 is 11.6 Å². The second-order valence-electron chi connectivity index (χ2n) is 7.13. The third-order valence-electron chi connectivity index (χ3n) is 5.00. The maximum atomic E-state index is 12.9. The average molecular weight is 364 g/mol. The molecule has 0 saturated carbocycles. The molecule has 1 aromatic carbocycles. The van der Waals surface area contributed by atoms with Gasteiger partial charge in [-0.15, -0.1) is 0 Å². The van der Waals surface area contributed by atoms with Crippen molar-refractivity contribution in [2.24, 2.45) is 0 Å². The van der Waals surface area contributed by atoms with Crippen LogP contribution in [-0.2, 0) is 11.3 Å². The summed E-state index contributed by atoms with van der Waals surface area (Å²) >= 11 is 0. The van der Waals surface area contributed by atoms with Crippen LogP contribution in [0.25, 0.3) is 5.65 Å². The second kappa shape index (κ2) is 7.48. The largest absolute Gasteiger partial charge is 0.373 e. The van der Waals surface area contributed by atoms with Crippen molar-refractivity contribution in [2.75, 3.05) is 13.1 Å². The molecule has 0 radical (unpaired) electrons. The Bertz CT molecular complexity index is 943. The van der Waals surface area contributed by atoms with E-state index in [9.17, 15) is 4.79 Å². The highest BCUT2D eigenvalue weighted by Crippen LogP contribution is 2.18. The molecule has 0 unspecified atom stereocenters. The number of carbonyl (C=O) groups excluding carboxylic acids is 1. The van der Waals surface area contributed by atoms with Gasteiger partial charge in [0.1, 0.15) is 5.69 Å². The SMILES string of the molecule is Cc1cc2nc(C(=O)N3CCC(OCc4ccccc4)CC3)cc(C)n2n1. The highest BCUT2D eigenvalue weighted by molar-refractivity contribution is 5.93. The van der Waals surface area contributed by atoms with Crippen LogP contribution in [0.2, 0.25) is 0 Å². The molecule has 6 nitrogen and oxygen atoms in total. The fourth-order valence-electron chi connectivity index (χ4n) is 3.53. The van der Waals surface area contributed by atoms with Crippen LogP contribution < -0.4 is 0 Å². The minimum atomic E-state index is -0.0130. The molecule has 3 heterocycles. The third kappa shape index (κ3) is 3.85. The summed E-state index contributed by atoms with van der Waals surface area (Å²) in [7, 11) is 0. The summed E-state index contributed by atoms with van der Waals surface area (Å²) in [5.41, 5.74) is 4.20. The van der Waals surface area contributed by atoms with E-state index in [2.05, 4.69) is 22.2 Å². The van der Waals surface area contributed by atoms with Crippen molar-refractivity contribution in [1.29, 1.82) is 0 Å². The highest BCUT2D eigenvalue weighted by Gasteiger charge is 2.25. The molecule has 0 aliphatic carbocycles. The number of nitrogens with zero attached hydrogens (tertiary/aromatic N) is 4. The van der Waals surface area contributed by atoms with Crippen LogP contribution in [0.1, 0.15) is 40.3 Å². The van der Waals surface area contributed by atoms with Gasteiger partial charge in [-0.2, -0.15) is 5.10 Å². The summed E-state index contributed by atoms with van der Waals surface area (Å²) in [4.78, 5) is 19.3. The molecule has 0 spiro atoms. The first-order valence-electron chi connectivity index (χ1n) is 9.39. The standard InChI is InChI=1S/C21H24N4O2/c1-15-12-20-22-19(13-16(2)25(20)23-15)21(26)24-10-8-18(9-11-24)27-14-17-6-4-3-5-7-17/h3-7,12-13,18H,8-11,14H2,1-2H3. The van der Waals surface area contributed by atoms with E-state index in [4.69, 9.17) is 4.74 Å². The number of aromatic nitrogens is 3. The van der Waals surface area contributed by atoms with Crippen LogP contribution >= 0.6 is 0 Å². The molecule has 1 fully saturated rings. The molecule has 6 heteroatoms. The lowest BCUT2D eigenvalue weighted by molar-refractivity contribution is -0.000509. The van der Waals surface area contributed by atoms with Gasteiger partial charge in [-0.1, -0.05) is 30.3 Å². The van der Waals surface area contributed by atoms with Crippen molar-refractivity contribution in [3.63, 3.8) is 0 Å². The van der Waals surface area contributed by atoms with Crippen LogP contribution in [0.3, 0.4) is 0 Å². The van der Waals surface area contributed by atoms with E-state index in [0.29, 0.717) is 25.4 Å². The summed E-state index contributed by atoms with van der Waals surface area (Å²) in [6, 6.07) is 13.9. The predicted octanol–water partition coefficient (Wildman–Crippen LogP) is 3.17.